The molecule has 0 bridgehead atoms. The molecule has 0 atom stereocenters. The number of hydrogen-bond donors (Lipinski definition) is 2. The minimum Gasteiger partial charge on any atom is -0.384 e. The molecule has 0 amide bonds. The molecule has 2 nitrogen and oxygen atoms in total. The van der Waals surface area contributed by atoms with E-state index in [4.69, 9.17) is 11.6 Å². The van der Waals surface area contributed by atoms with Crippen LogP contribution >= 0.6 is 11.6 Å². The molecule has 1 aliphatic heterocycles. The molecule has 0 aliphatic carbocycles. The van der Waals surface area contributed by atoms with Gasteiger partial charge in [0.05, 0.1) is 0 Å². The van der Waals surface area contributed by atoms with E-state index in [2.05, 4.69) is 44.4 Å². The molecule has 2 rings (SSSR count). The number of hydrogen-bond acceptors (Lipinski definition) is 2. The van der Waals surface area contributed by atoms with Gasteiger partial charge in [-0.25, -0.2) is 0 Å². The van der Waals surface area contributed by atoms with Crippen molar-refractivity contribution >= 4 is 17.3 Å². The van der Waals surface area contributed by atoms with Crippen molar-refractivity contribution in [2.24, 2.45) is 0 Å². The molecule has 1 aromatic rings. The van der Waals surface area contributed by atoms with Crippen molar-refractivity contribution in [3.8, 4) is 0 Å². The Bertz CT molecular complexity index is 424. The van der Waals surface area contributed by atoms with Crippen LogP contribution in [0.5, 0.6) is 0 Å². The molecule has 0 saturated heterocycles. The van der Waals surface area contributed by atoms with Crippen LogP contribution in [0.4, 0.5) is 5.69 Å². The van der Waals surface area contributed by atoms with E-state index in [0.717, 1.165) is 18.1 Å². The summed E-state index contributed by atoms with van der Waals surface area (Å²) in [6.45, 7) is 10.7. The van der Waals surface area contributed by atoms with Gasteiger partial charge in [-0.1, -0.05) is 39.3 Å². The second-order valence-corrected chi connectivity index (χ2v) is 6.13. The highest BCUT2D eigenvalue weighted by Gasteiger charge is 2.32. The van der Waals surface area contributed by atoms with Gasteiger partial charge in [-0.05, 0) is 23.3 Å². The van der Waals surface area contributed by atoms with Crippen molar-refractivity contribution in [1.29, 1.82) is 0 Å². The topological polar surface area (TPSA) is 24.1 Å². The van der Waals surface area contributed by atoms with Crippen molar-refractivity contribution in [3.05, 3.63) is 28.3 Å². The van der Waals surface area contributed by atoms with Gasteiger partial charge >= 0.3 is 0 Å². The first-order chi connectivity index (χ1) is 7.92. The van der Waals surface area contributed by atoms with Crippen LogP contribution in [0.3, 0.4) is 0 Å². The standard InChI is InChI=1S/C14H21ClN2/c1-9(2)16-7-10-11(15)5-6-12-13(10)14(3,4)8-17-12/h5-6,9,16-17H,7-8H2,1-4H3. The maximum absolute atomic E-state index is 6.35. The molecular formula is C14H21ClN2. The zero-order chi connectivity index (χ0) is 12.6. The number of benzene rings is 1. The van der Waals surface area contributed by atoms with Crippen LogP contribution in [0.1, 0.15) is 38.8 Å². The number of fused-ring (bicyclic) bond motifs is 1. The first kappa shape index (κ1) is 12.7. The van der Waals surface area contributed by atoms with Crippen LogP contribution in [0.15, 0.2) is 12.1 Å². The predicted octanol–water partition coefficient (Wildman–Crippen LogP) is 3.54. The summed E-state index contributed by atoms with van der Waals surface area (Å²) in [5.74, 6) is 0. The number of halogens is 1. The van der Waals surface area contributed by atoms with Crippen molar-refractivity contribution in [2.75, 3.05) is 11.9 Å². The van der Waals surface area contributed by atoms with E-state index < -0.39 is 0 Å². The van der Waals surface area contributed by atoms with Crippen molar-refractivity contribution in [2.45, 2.75) is 45.7 Å². The molecule has 94 valence electrons. The minimum atomic E-state index is 0.161. The molecule has 0 spiro atoms. The molecular weight excluding hydrogens is 232 g/mol. The van der Waals surface area contributed by atoms with Gasteiger partial charge < -0.3 is 10.6 Å². The molecule has 0 fully saturated rings. The number of anilines is 1. The van der Waals surface area contributed by atoms with Gasteiger partial charge in [-0.3, -0.25) is 0 Å². The van der Waals surface area contributed by atoms with Crippen LogP contribution in [-0.4, -0.2) is 12.6 Å². The summed E-state index contributed by atoms with van der Waals surface area (Å²) in [7, 11) is 0. The average Bonchev–Trinajstić information content (AvgIpc) is 2.54. The van der Waals surface area contributed by atoms with Gasteiger partial charge in [0.1, 0.15) is 0 Å². The number of nitrogens with one attached hydrogen (secondary N) is 2. The fraction of sp³-hybridized carbons (Fsp3) is 0.571. The van der Waals surface area contributed by atoms with Gasteiger partial charge in [0.15, 0.2) is 0 Å². The van der Waals surface area contributed by atoms with E-state index in [1.54, 1.807) is 0 Å². The third-order valence-corrected chi connectivity index (χ3v) is 3.69. The monoisotopic (exact) mass is 252 g/mol. The zero-order valence-corrected chi connectivity index (χ0v) is 11.8. The molecule has 1 heterocycles. The maximum atomic E-state index is 6.35. The Morgan fingerprint density at radius 2 is 2.12 bits per heavy atom. The largest absolute Gasteiger partial charge is 0.384 e. The normalized spacial score (nSPS) is 17.1. The lowest BCUT2D eigenvalue weighted by Crippen LogP contribution is -2.26. The Balaban J connectivity index is 2.40. The Morgan fingerprint density at radius 3 is 2.76 bits per heavy atom. The SMILES string of the molecule is CC(C)NCc1c(Cl)ccc2c1C(C)(C)CN2. The summed E-state index contributed by atoms with van der Waals surface area (Å²) in [4.78, 5) is 0. The second-order valence-electron chi connectivity index (χ2n) is 5.72. The Labute approximate surface area is 109 Å². The predicted molar refractivity (Wildman–Crippen MR) is 74.9 cm³/mol. The summed E-state index contributed by atoms with van der Waals surface area (Å²) in [5, 5.41) is 7.79. The van der Waals surface area contributed by atoms with Gasteiger partial charge in [-0.15, -0.1) is 0 Å². The smallest absolute Gasteiger partial charge is 0.0455 e. The Morgan fingerprint density at radius 1 is 1.41 bits per heavy atom. The van der Waals surface area contributed by atoms with Gasteiger partial charge in [0.25, 0.3) is 0 Å². The molecule has 2 N–H and O–H groups in total. The van der Waals surface area contributed by atoms with Gasteiger partial charge in [0, 0.05) is 35.3 Å². The first-order valence-corrected chi connectivity index (χ1v) is 6.59. The zero-order valence-electron chi connectivity index (χ0n) is 11.0. The fourth-order valence-corrected chi connectivity index (χ4v) is 2.65. The molecule has 0 unspecified atom stereocenters. The van der Waals surface area contributed by atoms with Gasteiger partial charge in [0.2, 0.25) is 0 Å². The lowest BCUT2D eigenvalue weighted by molar-refractivity contribution is 0.554. The van der Waals surface area contributed by atoms with Crippen LogP contribution in [0.2, 0.25) is 5.02 Å². The third-order valence-electron chi connectivity index (χ3n) is 3.34. The Kier molecular flexibility index (Phi) is 3.37. The molecule has 0 aromatic heterocycles. The minimum absolute atomic E-state index is 0.161. The third kappa shape index (κ3) is 2.43. The quantitative estimate of drug-likeness (QED) is 0.860. The highest BCUT2D eigenvalue weighted by molar-refractivity contribution is 6.31. The fourth-order valence-electron chi connectivity index (χ4n) is 2.43. The van der Waals surface area contributed by atoms with E-state index in [1.165, 1.54) is 16.8 Å². The van der Waals surface area contributed by atoms with Crippen molar-refractivity contribution < 1.29 is 0 Å². The summed E-state index contributed by atoms with van der Waals surface area (Å²) >= 11 is 6.35. The van der Waals surface area contributed by atoms with Crippen LogP contribution in [-0.2, 0) is 12.0 Å². The lowest BCUT2D eigenvalue weighted by Gasteiger charge is -2.22. The molecule has 1 aromatic carbocycles. The summed E-state index contributed by atoms with van der Waals surface area (Å²) < 4.78 is 0. The molecule has 0 radical (unpaired) electrons. The van der Waals surface area contributed by atoms with E-state index in [0.29, 0.717) is 6.04 Å². The van der Waals surface area contributed by atoms with Gasteiger partial charge in [-0.2, -0.15) is 0 Å². The van der Waals surface area contributed by atoms with Crippen molar-refractivity contribution in [3.63, 3.8) is 0 Å². The van der Waals surface area contributed by atoms with Crippen LogP contribution in [0, 0.1) is 0 Å². The molecule has 1 aliphatic rings. The maximum Gasteiger partial charge on any atom is 0.0455 e. The van der Waals surface area contributed by atoms with E-state index in [9.17, 15) is 0 Å². The Hall–Kier alpha value is -0.730. The van der Waals surface area contributed by atoms with E-state index >= 15 is 0 Å². The summed E-state index contributed by atoms with van der Waals surface area (Å²) in [6, 6.07) is 4.55. The van der Waals surface area contributed by atoms with Crippen molar-refractivity contribution in [1.82, 2.24) is 5.32 Å². The highest BCUT2D eigenvalue weighted by atomic mass is 35.5. The lowest BCUT2D eigenvalue weighted by atomic mass is 9.83. The number of rotatable bonds is 3. The molecule has 17 heavy (non-hydrogen) atoms. The molecule has 0 saturated carbocycles. The second kappa shape index (κ2) is 4.51. The highest BCUT2D eigenvalue weighted by Crippen LogP contribution is 2.41. The average molecular weight is 253 g/mol. The van der Waals surface area contributed by atoms with E-state index in [-0.39, 0.29) is 5.41 Å². The summed E-state index contributed by atoms with van der Waals surface area (Å²) in [6.07, 6.45) is 0. The van der Waals surface area contributed by atoms with Crippen LogP contribution in [0.25, 0.3) is 0 Å². The van der Waals surface area contributed by atoms with Crippen LogP contribution < -0.4 is 10.6 Å². The molecule has 3 heteroatoms. The summed E-state index contributed by atoms with van der Waals surface area (Å²) in [5.41, 5.74) is 4.01. The first-order valence-electron chi connectivity index (χ1n) is 6.21. The van der Waals surface area contributed by atoms with E-state index in [1.807, 2.05) is 6.07 Å².